The van der Waals surface area contributed by atoms with Gasteiger partial charge in [-0.3, -0.25) is 14.4 Å². The van der Waals surface area contributed by atoms with E-state index in [1.54, 1.807) is 47.8 Å². The van der Waals surface area contributed by atoms with Gasteiger partial charge in [-0.1, -0.05) is 140 Å². The van der Waals surface area contributed by atoms with E-state index in [-0.39, 0.29) is 18.4 Å². The number of thioether (sulfide) groups is 3. The summed E-state index contributed by atoms with van der Waals surface area (Å²) in [6.45, 7) is 6.59. The van der Waals surface area contributed by atoms with Crippen LogP contribution in [0.4, 0.5) is 51.2 Å². The number of H-pyrrole nitrogens is 1. The molecule has 18 nitrogen and oxygen atoms in total. The summed E-state index contributed by atoms with van der Waals surface area (Å²) in [5.74, 6) is 5.22. The fraction of sp³-hybridized carbons (Fsp3) is 0.178. The van der Waals surface area contributed by atoms with Gasteiger partial charge in [0.05, 0.1) is 56.1 Å². The summed E-state index contributed by atoms with van der Waals surface area (Å²) in [6, 6.07) is 71.1. The maximum absolute atomic E-state index is 10.9. The Labute approximate surface area is 580 Å². The molecular weight excluding hydrogens is 1310 g/mol. The van der Waals surface area contributed by atoms with E-state index in [9.17, 15) is 19.2 Å². The van der Waals surface area contributed by atoms with Crippen molar-refractivity contribution in [1.29, 1.82) is 0 Å². The maximum atomic E-state index is 10.9. The average Bonchev–Trinajstić information content (AvgIpc) is 1.77. The van der Waals surface area contributed by atoms with E-state index in [1.165, 1.54) is 56.7 Å². The molecule has 8 aliphatic heterocycles. The molecule has 0 spiro atoms. The van der Waals surface area contributed by atoms with Crippen LogP contribution in [0.1, 0.15) is 12.0 Å². The van der Waals surface area contributed by atoms with E-state index in [4.69, 9.17) is 43.1 Å². The van der Waals surface area contributed by atoms with E-state index in [0.717, 1.165) is 106 Å². The predicted octanol–water partition coefficient (Wildman–Crippen LogP) is 14.8. The predicted molar refractivity (Wildman–Crippen MR) is 404 cm³/mol. The molecule has 2 amide bonds. The van der Waals surface area contributed by atoms with Gasteiger partial charge in [0.1, 0.15) is 35.5 Å². The Morgan fingerprint density at radius 1 is 0.365 bits per heavy atom. The van der Waals surface area contributed by atoms with Gasteiger partial charge in [0.15, 0.2) is 12.2 Å². The lowest BCUT2D eigenvalue weighted by molar-refractivity contribution is -0.118. The van der Waals surface area contributed by atoms with Crippen LogP contribution < -0.4 is 73.2 Å². The minimum atomic E-state index is -0.867. The van der Waals surface area contributed by atoms with Gasteiger partial charge >= 0.3 is 11.2 Å². The number of carbonyl (C=O) groups is 2. The van der Waals surface area contributed by atoms with Crippen molar-refractivity contribution in [2.75, 3.05) is 118 Å². The molecule has 23 heteroatoms. The van der Waals surface area contributed by atoms with Crippen molar-refractivity contribution in [3.63, 3.8) is 0 Å². The lowest BCUT2D eigenvalue weighted by atomic mass is 10.0. The molecule has 10 aromatic rings. The average molecular weight is 1380 g/mol. The Morgan fingerprint density at radius 3 is 1.49 bits per heavy atom. The number of anilines is 9. The van der Waals surface area contributed by atoms with Gasteiger partial charge in [-0.05, 0) is 122 Å². The summed E-state index contributed by atoms with van der Waals surface area (Å²) >= 11 is 15.3. The molecule has 0 bridgehead atoms. The van der Waals surface area contributed by atoms with Crippen LogP contribution >= 0.6 is 59.7 Å². The van der Waals surface area contributed by atoms with Crippen LogP contribution in [0.25, 0.3) is 11.1 Å². The van der Waals surface area contributed by atoms with Gasteiger partial charge in [0.2, 0.25) is 5.91 Å². The zero-order valence-corrected chi connectivity index (χ0v) is 56.4. The van der Waals surface area contributed by atoms with Crippen molar-refractivity contribution in [1.82, 2.24) is 4.98 Å². The number of ether oxygens (including phenoxy) is 3. The summed E-state index contributed by atoms with van der Waals surface area (Å²) in [5, 5.41) is 28.3. The van der Waals surface area contributed by atoms with Crippen LogP contribution in [0, 0.1) is 0 Å². The van der Waals surface area contributed by atoms with Crippen molar-refractivity contribution >= 4 is 144 Å². The molecule has 0 atom stereocenters. The second-order valence-corrected chi connectivity index (χ2v) is 25.5. The molecule has 0 saturated heterocycles. The number of thiocarbonyl (C=S) groups is 2. The van der Waals surface area contributed by atoms with Gasteiger partial charge in [0.25, 0.3) is 5.91 Å². The summed E-state index contributed by atoms with van der Waals surface area (Å²) in [6.07, 6.45) is 2.51. The Bertz CT molecular complexity index is 3780. The standard InChI is InChI=1S/C9H11N.C8H10N2.C8H5NO3.C8H7NO2.2C8H7NOS.C8H9NO.C8H7NS2.C8H9NS/c1-2-6-9-8(4-1)5-3-7-10-9;1-2-4-8-7(3-1)9-5-6-10-8;10-7-8(11)12-6-4-2-1-3-5(6)9-7;2*10-8-5-11-7-4-2-1-3-6(7)9-8;11-8-5-10-7-4-2-1-3-6(7)9-8;1-2-4-8-7(3-1)9-5-6-10-8;10-8-5-11-7-4-2-1-3-6(7)9-8;1-2-4-8-7(3-1)9-5-6-10-8/h1-2,4,6,10H,3,5,7H2;1-4,9-10H,5-6H2;1-4H,(H,9,10);2*1-4H,5H2,(H,9,10);1-4H,5H2,(H,9,11);1-4,9H,5-6H2;1-4H,5H2,(H,9,10);1-4,9H,5-6H2. The van der Waals surface area contributed by atoms with Crippen LogP contribution in [0.5, 0.6) is 17.2 Å². The molecule has 0 aliphatic carbocycles. The third-order valence-corrected chi connectivity index (χ3v) is 18.3. The second-order valence-electron chi connectivity index (χ2n) is 21.3. The topological polar surface area (TPSA) is 233 Å². The largest absolute Gasteiger partial charge is 0.490 e. The quantitative estimate of drug-likeness (QED) is 0.0502. The first-order chi connectivity index (χ1) is 47.1. The molecule has 0 radical (unpaired) electrons. The Morgan fingerprint density at radius 2 is 0.833 bits per heavy atom. The van der Waals surface area contributed by atoms with Gasteiger partial charge in [0, 0.05) is 70.3 Å². The summed E-state index contributed by atoms with van der Waals surface area (Å²) in [5.41, 5.74) is 10.7. The highest BCUT2D eigenvalue weighted by Gasteiger charge is 2.16. The molecule has 9 heterocycles. The lowest BCUT2D eigenvalue weighted by Crippen LogP contribution is -2.25. The van der Waals surface area contributed by atoms with Crippen molar-refractivity contribution < 1.29 is 28.2 Å². The Balaban J connectivity index is 0.000000118. The van der Waals surface area contributed by atoms with E-state index in [1.807, 2.05) is 139 Å². The zero-order chi connectivity index (χ0) is 66.5. The van der Waals surface area contributed by atoms with E-state index in [2.05, 4.69) is 120 Å². The number of hydrogen-bond donors (Lipinski definition) is 10. The highest BCUT2D eigenvalue weighted by Crippen LogP contribution is 2.34. The molecule has 1 aromatic heterocycles. The minimum Gasteiger partial charge on any atom is -0.490 e. The number of carbonyl (C=O) groups excluding carboxylic acids is 2. The number of aromatic nitrogens is 1. The SMILES string of the molecule is O=C1COc2ccccc2N1.O=C1CSc2ccccc2N1.O=c1[nH]c2ccccc2oc1=O.S=C1COc2ccccc2N1.S=C1CSc2ccccc2N1.c1ccc2c(c1)CCCN2.c1ccc2c(c1)NCCN2.c1ccc2c(c1)NCCO2.c1ccc2c(c1)NCCS2. The first kappa shape index (κ1) is 68.9. The second kappa shape index (κ2) is 36.7. The van der Waals surface area contributed by atoms with Gasteiger partial charge < -0.3 is 71.5 Å². The monoisotopic (exact) mass is 1380 g/mol. The number of benzene rings is 9. The maximum Gasteiger partial charge on any atom is 0.402 e. The number of amides is 2. The Hall–Kier alpha value is -9.91. The molecule has 492 valence electrons. The molecule has 10 N–H and O–H groups in total. The van der Waals surface area contributed by atoms with Gasteiger partial charge in [-0.15, -0.1) is 35.3 Å². The fourth-order valence-electron chi connectivity index (χ4n) is 9.85. The zero-order valence-electron chi connectivity index (χ0n) is 52.3. The Kier molecular flexibility index (Phi) is 26.3. The van der Waals surface area contributed by atoms with Crippen molar-refractivity contribution in [3.8, 4) is 17.2 Å². The molecule has 96 heavy (non-hydrogen) atoms. The van der Waals surface area contributed by atoms with Crippen LogP contribution in [0.3, 0.4) is 0 Å². The summed E-state index contributed by atoms with van der Waals surface area (Å²) in [7, 11) is 0. The highest BCUT2D eigenvalue weighted by molar-refractivity contribution is 8.01. The number of rotatable bonds is 0. The summed E-state index contributed by atoms with van der Waals surface area (Å²) in [4.78, 5) is 51.1. The van der Waals surface area contributed by atoms with E-state index in [0.29, 0.717) is 23.5 Å². The number of hydrogen-bond acceptors (Lipinski definition) is 18. The molecule has 0 saturated carbocycles. The van der Waals surface area contributed by atoms with Crippen LogP contribution in [0.15, 0.2) is 247 Å². The minimum absolute atomic E-state index is 0.0914. The third kappa shape index (κ3) is 21.3. The van der Waals surface area contributed by atoms with Crippen molar-refractivity contribution in [2.24, 2.45) is 0 Å². The molecular formula is C73H72N10O8S5. The number of aromatic amines is 1. The molecule has 8 aliphatic rings. The molecule has 0 fully saturated rings. The fourth-order valence-corrected chi connectivity index (χ4v) is 12.8. The van der Waals surface area contributed by atoms with Crippen molar-refractivity contribution in [3.05, 3.63) is 245 Å². The number of fused-ring (bicyclic) bond motifs is 9. The normalized spacial score (nSPS) is 14.5. The van der Waals surface area contributed by atoms with Crippen LogP contribution in [-0.2, 0) is 16.0 Å². The van der Waals surface area contributed by atoms with E-state index >= 15 is 0 Å². The summed E-state index contributed by atoms with van der Waals surface area (Å²) < 4.78 is 20.5. The highest BCUT2D eigenvalue weighted by atomic mass is 32.2. The van der Waals surface area contributed by atoms with Crippen molar-refractivity contribution in [2.45, 2.75) is 27.5 Å². The van der Waals surface area contributed by atoms with Gasteiger partial charge in [-0.25, -0.2) is 4.79 Å². The van der Waals surface area contributed by atoms with E-state index < -0.39 is 11.2 Å². The van der Waals surface area contributed by atoms with Gasteiger partial charge in [-0.2, -0.15) is 0 Å². The number of aryl methyl sites for hydroxylation is 1. The molecule has 0 unspecified atom stereocenters. The number of nitrogens with one attached hydrogen (secondary N) is 10. The van der Waals surface area contributed by atoms with Crippen LogP contribution in [0.2, 0.25) is 0 Å². The van der Waals surface area contributed by atoms with Crippen LogP contribution in [-0.4, -0.2) is 96.6 Å². The smallest absolute Gasteiger partial charge is 0.402 e. The lowest BCUT2D eigenvalue weighted by Gasteiger charge is -2.18. The third-order valence-electron chi connectivity index (χ3n) is 14.4. The first-order valence-electron chi connectivity index (χ1n) is 31.1. The molecule has 18 rings (SSSR count). The first-order valence-corrected chi connectivity index (χ1v) is 34.8. The number of para-hydroxylation sites is 14. The molecule has 9 aromatic carbocycles.